The normalized spacial score (nSPS) is 10.6. The Labute approximate surface area is 181 Å². The van der Waals surface area contributed by atoms with Gasteiger partial charge in [-0.2, -0.15) is 4.68 Å². The molecule has 0 aliphatic carbocycles. The van der Waals surface area contributed by atoms with Gasteiger partial charge in [0.05, 0.1) is 24.7 Å². The number of aryl methyl sites for hydroxylation is 1. The molecular weight excluding hydrogens is 427 g/mol. The molecule has 168 valence electrons. The molecule has 3 rings (SSSR count). The van der Waals surface area contributed by atoms with Gasteiger partial charge in [-0.1, -0.05) is 0 Å². The quantitative estimate of drug-likeness (QED) is 0.297. The van der Waals surface area contributed by atoms with Gasteiger partial charge in [-0.05, 0) is 35.5 Å². The van der Waals surface area contributed by atoms with Crippen molar-refractivity contribution in [2.75, 3.05) is 32.8 Å². The fourth-order valence-electron chi connectivity index (χ4n) is 2.79. The number of nitro groups is 1. The first-order valence-electron chi connectivity index (χ1n) is 9.20. The maximum Gasteiger partial charge on any atom is 0.286 e. The molecule has 0 saturated carbocycles. The first kappa shape index (κ1) is 22.6. The number of methoxy groups -OCH3 is 2. The lowest BCUT2D eigenvalue weighted by Gasteiger charge is -2.13. The number of carbonyl (C=O) groups is 1. The summed E-state index contributed by atoms with van der Waals surface area (Å²) >= 11 is 0. The highest BCUT2D eigenvalue weighted by atomic mass is 19.1. The van der Waals surface area contributed by atoms with Gasteiger partial charge in [0, 0.05) is 18.9 Å². The van der Waals surface area contributed by atoms with Gasteiger partial charge in [0.25, 0.3) is 11.6 Å². The molecule has 1 N–H and O–H groups in total. The summed E-state index contributed by atoms with van der Waals surface area (Å²) < 4.78 is 31.0. The minimum Gasteiger partial charge on any atom is -0.493 e. The predicted octanol–water partition coefficient (Wildman–Crippen LogP) is 2.30. The Morgan fingerprint density at radius 1 is 1.22 bits per heavy atom. The highest BCUT2D eigenvalue weighted by Gasteiger charge is 2.25. The molecular formula is C19H19FN6O6. The van der Waals surface area contributed by atoms with Crippen LogP contribution in [0.25, 0.3) is 5.69 Å². The van der Waals surface area contributed by atoms with E-state index in [4.69, 9.17) is 14.2 Å². The standard InChI is InChI=1S/C19H19FN6O6/c1-11-22-23-24-25(11)16-8-12(4-5-14(16)20)21-19(27)13-9-17(31-3)18(32-7-6-30-2)10-15(13)26(28)29/h4-5,8-10H,6-7H2,1-3H3,(H,21,27). The SMILES string of the molecule is COCCOc1cc([N+](=O)[O-])c(C(=O)Nc2ccc(F)c(-n3nnnc3C)c2)cc1OC. The van der Waals surface area contributed by atoms with Crippen molar-refractivity contribution in [2.24, 2.45) is 0 Å². The fourth-order valence-corrected chi connectivity index (χ4v) is 2.79. The third-order valence-electron chi connectivity index (χ3n) is 4.33. The van der Waals surface area contributed by atoms with Crippen LogP contribution in [0.2, 0.25) is 0 Å². The van der Waals surface area contributed by atoms with Gasteiger partial charge in [0.2, 0.25) is 0 Å². The van der Waals surface area contributed by atoms with Crippen LogP contribution in [0.5, 0.6) is 11.5 Å². The fraction of sp³-hybridized carbons (Fsp3) is 0.263. The zero-order valence-corrected chi connectivity index (χ0v) is 17.4. The average molecular weight is 446 g/mol. The van der Waals surface area contributed by atoms with Crippen LogP contribution in [0.15, 0.2) is 30.3 Å². The molecule has 0 radical (unpaired) electrons. The van der Waals surface area contributed by atoms with Crippen LogP contribution in [-0.2, 0) is 4.74 Å². The second-order valence-corrected chi connectivity index (χ2v) is 6.38. The molecule has 32 heavy (non-hydrogen) atoms. The van der Waals surface area contributed by atoms with E-state index in [-0.39, 0.29) is 41.7 Å². The van der Waals surface area contributed by atoms with Gasteiger partial charge < -0.3 is 19.5 Å². The Morgan fingerprint density at radius 3 is 2.62 bits per heavy atom. The number of ether oxygens (including phenoxy) is 3. The number of amides is 1. The number of halogens is 1. The summed E-state index contributed by atoms with van der Waals surface area (Å²) in [5.41, 5.74) is -0.584. The Bertz CT molecular complexity index is 1150. The summed E-state index contributed by atoms with van der Waals surface area (Å²) in [6.45, 7) is 1.97. The number of nitro benzene ring substituents is 1. The van der Waals surface area contributed by atoms with Crippen molar-refractivity contribution in [2.45, 2.75) is 6.92 Å². The second-order valence-electron chi connectivity index (χ2n) is 6.38. The van der Waals surface area contributed by atoms with Gasteiger partial charge in [0.1, 0.15) is 23.7 Å². The van der Waals surface area contributed by atoms with Gasteiger partial charge in [-0.25, -0.2) is 4.39 Å². The zero-order valence-electron chi connectivity index (χ0n) is 17.4. The molecule has 0 spiro atoms. The molecule has 1 amide bonds. The van der Waals surface area contributed by atoms with Crippen molar-refractivity contribution in [3.63, 3.8) is 0 Å². The van der Waals surface area contributed by atoms with Gasteiger partial charge >= 0.3 is 0 Å². The molecule has 0 aliphatic heterocycles. The van der Waals surface area contributed by atoms with Gasteiger partial charge in [-0.15, -0.1) is 5.10 Å². The van der Waals surface area contributed by atoms with Crippen molar-refractivity contribution >= 4 is 17.3 Å². The van der Waals surface area contributed by atoms with E-state index >= 15 is 0 Å². The number of hydrogen-bond acceptors (Lipinski definition) is 9. The summed E-state index contributed by atoms with van der Waals surface area (Å²) in [6, 6.07) is 6.03. The van der Waals surface area contributed by atoms with E-state index in [1.807, 2.05) is 0 Å². The molecule has 0 aliphatic rings. The van der Waals surface area contributed by atoms with Crippen LogP contribution in [0.4, 0.5) is 15.8 Å². The number of aromatic nitrogens is 4. The number of anilines is 1. The smallest absolute Gasteiger partial charge is 0.286 e. The van der Waals surface area contributed by atoms with E-state index in [9.17, 15) is 19.3 Å². The summed E-state index contributed by atoms with van der Waals surface area (Å²) in [6.07, 6.45) is 0. The minimum absolute atomic E-state index is 0.000675. The minimum atomic E-state index is -0.801. The number of hydrogen-bond donors (Lipinski definition) is 1. The van der Waals surface area contributed by atoms with E-state index in [1.54, 1.807) is 6.92 Å². The molecule has 0 unspecified atom stereocenters. The molecule has 12 nitrogen and oxygen atoms in total. The summed E-state index contributed by atoms with van der Waals surface area (Å²) in [7, 11) is 2.82. The Morgan fingerprint density at radius 2 is 2.00 bits per heavy atom. The molecule has 0 bridgehead atoms. The lowest BCUT2D eigenvalue weighted by atomic mass is 10.1. The number of nitrogens with one attached hydrogen (secondary N) is 1. The Hall–Kier alpha value is -4.13. The largest absolute Gasteiger partial charge is 0.493 e. The number of benzene rings is 2. The first-order valence-corrected chi connectivity index (χ1v) is 9.20. The number of carbonyl (C=O) groups excluding carboxylic acids is 1. The lowest BCUT2D eigenvalue weighted by molar-refractivity contribution is -0.385. The molecule has 2 aromatic carbocycles. The van der Waals surface area contributed by atoms with Crippen LogP contribution in [0.3, 0.4) is 0 Å². The predicted molar refractivity (Wildman–Crippen MR) is 109 cm³/mol. The van der Waals surface area contributed by atoms with Gasteiger partial charge in [-0.3, -0.25) is 14.9 Å². The zero-order chi connectivity index (χ0) is 23.3. The summed E-state index contributed by atoms with van der Waals surface area (Å²) in [5.74, 6) is -0.878. The molecule has 13 heteroatoms. The van der Waals surface area contributed by atoms with Crippen LogP contribution >= 0.6 is 0 Å². The van der Waals surface area contributed by atoms with Crippen LogP contribution < -0.4 is 14.8 Å². The van der Waals surface area contributed by atoms with Crippen LogP contribution in [0, 0.1) is 22.9 Å². The van der Waals surface area contributed by atoms with Crippen molar-refractivity contribution in [1.29, 1.82) is 0 Å². The lowest BCUT2D eigenvalue weighted by Crippen LogP contribution is -2.15. The monoisotopic (exact) mass is 446 g/mol. The third kappa shape index (κ3) is 4.78. The van der Waals surface area contributed by atoms with E-state index < -0.39 is 22.3 Å². The van der Waals surface area contributed by atoms with E-state index in [2.05, 4.69) is 20.8 Å². The summed E-state index contributed by atoms with van der Waals surface area (Å²) in [5, 5.41) is 25.0. The summed E-state index contributed by atoms with van der Waals surface area (Å²) in [4.78, 5) is 23.7. The Balaban J connectivity index is 1.94. The number of rotatable bonds is 9. The second kappa shape index (κ2) is 9.78. The van der Waals surface area contributed by atoms with Gasteiger partial charge in [0.15, 0.2) is 17.3 Å². The maximum absolute atomic E-state index is 14.3. The maximum atomic E-state index is 14.3. The third-order valence-corrected chi connectivity index (χ3v) is 4.33. The van der Waals surface area contributed by atoms with E-state index in [1.165, 1.54) is 32.4 Å². The molecule has 1 aromatic heterocycles. The molecule has 0 fully saturated rings. The highest BCUT2D eigenvalue weighted by Crippen LogP contribution is 2.35. The van der Waals surface area contributed by atoms with E-state index in [0.29, 0.717) is 5.82 Å². The molecule has 0 saturated heterocycles. The number of nitrogens with zero attached hydrogens (tertiary/aromatic N) is 5. The van der Waals surface area contributed by atoms with Crippen molar-refractivity contribution in [3.8, 4) is 17.2 Å². The van der Waals surface area contributed by atoms with Crippen molar-refractivity contribution in [1.82, 2.24) is 20.2 Å². The van der Waals surface area contributed by atoms with Crippen molar-refractivity contribution in [3.05, 3.63) is 57.7 Å². The van der Waals surface area contributed by atoms with Crippen LogP contribution in [-0.4, -0.2) is 58.5 Å². The van der Waals surface area contributed by atoms with E-state index in [0.717, 1.165) is 16.8 Å². The number of tetrazole rings is 1. The first-order chi connectivity index (χ1) is 15.3. The molecule has 3 aromatic rings. The Kier molecular flexibility index (Phi) is 6.90. The highest BCUT2D eigenvalue weighted by molar-refractivity contribution is 6.07. The topological polar surface area (TPSA) is 144 Å². The van der Waals surface area contributed by atoms with Crippen molar-refractivity contribution < 1.29 is 28.3 Å². The average Bonchev–Trinajstić information content (AvgIpc) is 3.20. The molecule has 1 heterocycles. The van der Waals surface area contributed by atoms with Crippen LogP contribution in [0.1, 0.15) is 16.2 Å². The molecule has 0 atom stereocenters.